The molecule has 0 fully saturated rings. The van der Waals surface area contributed by atoms with Crippen LogP contribution in [0.25, 0.3) is 11.8 Å². The predicted molar refractivity (Wildman–Crippen MR) is 137 cm³/mol. The topological polar surface area (TPSA) is 83.0 Å². The predicted octanol–water partition coefficient (Wildman–Crippen LogP) is 5.42. The number of aryl methyl sites for hydroxylation is 1. The van der Waals surface area contributed by atoms with Gasteiger partial charge in [0.25, 0.3) is 5.91 Å². The molecule has 1 aromatic heterocycles. The first-order valence-electron chi connectivity index (χ1n) is 10.5. The van der Waals surface area contributed by atoms with Crippen LogP contribution in [-0.4, -0.2) is 38.6 Å². The van der Waals surface area contributed by atoms with Gasteiger partial charge in [0.2, 0.25) is 5.17 Å². The average Bonchev–Trinajstić information content (AvgIpc) is 3.37. The largest absolute Gasteiger partial charge is 0.497 e. The van der Waals surface area contributed by atoms with Gasteiger partial charge in [-0.1, -0.05) is 35.9 Å². The van der Waals surface area contributed by atoms with E-state index in [4.69, 9.17) is 21.7 Å². The van der Waals surface area contributed by atoms with Crippen molar-refractivity contribution in [3.8, 4) is 11.4 Å². The summed E-state index contributed by atoms with van der Waals surface area (Å²) in [6, 6.07) is 17.1. The summed E-state index contributed by atoms with van der Waals surface area (Å²) in [7, 11) is 1.63. The fourth-order valence-corrected chi connectivity index (χ4v) is 5.18. The van der Waals surface area contributed by atoms with E-state index in [-0.39, 0.29) is 11.4 Å². The highest BCUT2D eigenvalue weighted by Gasteiger charge is 2.36. The molecular weight excluding hydrogens is 470 g/mol. The number of nitrogens with zero attached hydrogens (tertiary/aromatic N) is 4. The number of carbonyl (C=O) groups is 1. The van der Waals surface area contributed by atoms with Gasteiger partial charge in [0.05, 0.1) is 17.7 Å². The van der Waals surface area contributed by atoms with Crippen molar-refractivity contribution >= 4 is 51.4 Å². The Balaban J connectivity index is 1.52. The van der Waals surface area contributed by atoms with Gasteiger partial charge in [0.15, 0.2) is 5.84 Å². The van der Waals surface area contributed by atoms with E-state index in [1.165, 1.54) is 16.8 Å². The van der Waals surface area contributed by atoms with Crippen LogP contribution >= 0.6 is 23.4 Å². The average molecular weight is 490 g/mol. The highest BCUT2D eigenvalue weighted by molar-refractivity contribution is 8.27. The van der Waals surface area contributed by atoms with Crippen LogP contribution in [0.3, 0.4) is 0 Å². The number of amidine groups is 2. The van der Waals surface area contributed by atoms with Crippen LogP contribution in [0.1, 0.15) is 22.5 Å². The summed E-state index contributed by atoms with van der Waals surface area (Å²) in [5.41, 5.74) is 4.62. The van der Waals surface area contributed by atoms with E-state index in [1.54, 1.807) is 19.3 Å². The fourth-order valence-electron chi connectivity index (χ4n) is 3.97. The zero-order valence-electron chi connectivity index (χ0n) is 18.7. The maximum Gasteiger partial charge on any atom is 0.283 e. The van der Waals surface area contributed by atoms with Crippen molar-refractivity contribution in [2.75, 3.05) is 7.11 Å². The molecule has 9 heteroatoms. The number of aliphatic imine (C=N–C) groups is 1. The van der Waals surface area contributed by atoms with Gasteiger partial charge in [-0.15, -0.1) is 0 Å². The molecule has 2 aromatic carbocycles. The van der Waals surface area contributed by atoms with E-state index in [9.17, 15) is 4.79 Å². The lowest BCUT2D eigenvalue weighted by Crippen LogP contribution is -2.35. The maximum atomic E-state index is 12.9. The normalized spacial score (nSPS) is 16.6. The molecule has 0 bridgehead atoms. The highest BCUT2D eigenvalue weighted by atomic mass is 35.5. The molecule has 0 saturated heterocycles. The Kier molecular flexibility index (Phi) is 5.63. The molecule has 1 N–H and O–H groups in total. The number of fused-ring (bicyclic) bond motifs is 1. The zero-order valence-corrected chi connectivity index (χ0v) is 20.2. The molecule has 0 atom stereocenters. The summed E-state index contributed by atoms with van der Waals surface area (Å²) < 4.78 is 7.44. The second kappa shape index (κ2) is 8.62. The number of thioether (sulfide) groups is 1. The van der Waals surface area contributed by atoms with Gasteiger partial charge in [-0.25, -0.2) is 0 Å². The van der Waals surface area contributed by atoms with E-state index in [0.29, 0.717) is 15.2 Å². The van der Waals surface area contributed by atoms with Crippen molar-refractivity contribution in [2.45, 2.75) is 13.8 Å². The number of hydrazone groups is 1. The number of ether oxygens (including phenoxy) is 1. The van der Waals surface area contributed by atoms with E-state index < -0.39 is 5.91 Å². The van der Waals surface area contributed by atoms with E-state index in [1.807, 2.05) is 62.4 Å². The number of carbonyl (C=O) groups excluding carboxylic acids is 1. The molecule has 5 rings (SSSR count). The highest BCUT2D eigenvalue weighted by Crippen LogP contribution is 2.33. The molecular formula is C25H20ClN5O2S. The number of aromatic nitrogens is 1. The molecule has 7 nitrogen and oxygen atoms in total. The molecule has 0 radical (unpaired) electrons. The van der Waals surface area contributed by atoms with Gasteiger partial charge >= 0.3 is 0 Å². The molecule has 2 aliphatic rings. The molecule has 2 aliphatic heterocycles. The Morgan fingerprint density at radius 2 is 1.91 bits per heavy atom. The third kappa shape index (κ3) is 3.74. The molecule has 170 valence electrons. The first-order valence-corrected chi connectivity index (χ1v) is 11.7. The summed E-state index contributed by atoms with van der Waals surface area (Å²) in [6.07, 6.45) is 1.71. The Morgan fingerprint density at radius 1 is 1.12 bits per heavy atom. The Morgan fingerprint density at radius 3 is 2.68 bits per heavy atom. The van der Waals surface area contributed by atoms with E-state index >= 15 is 0 Å². The second-order valence-electron chi connectivity index (χ2n) is 7.77. The lowest BCUT2D eigenvalue weighted by atomic mass is 10.1. The quantitative estimate of drug-likeness (QED) is 0.496. The van der Waals surface area contributed by atoms with Crippen LogP contribution in [0.2, 0.25) is 5.02 Å². The molecule has 0 aliphatic carbocycles. The van der Waals surface area contributed by atoms with Crippen molar-refractivity contribution < 1.29 is 9.53 Å². The van der Waals surface area contributed by atoms with Gasteiger partial charge < -0.3 is 9.30 Å². The van der Waals surface area contributed by atoms with E-state index in [0.717, 1.165) is 34.0 Å². The number of halogens is 1. The number of rotatable bonds is 4. The molecule has 3 heterocycles. The summed E-state index contributed by atoms with van der Waals surface area (Å²) in [5.74, 6) is 0.274. The number of hydrogen-bond donors (Lipinski definition) is 1. The molecule has 34 heavy (non-hydrogen) atoms. The van der Waals surface area contributed by atoms with Crippen molar-refractivity contribution in [3.05, 3.63) is 87.7 Å². The smallest absolute Gasteiger partial charge is 0.283 e. The molecule has 0 saturated carbocycles. The van der Waals surface area contributed by atoms with Crippen LogP contribution in [0.5, 0.6) is 5.75 Å². The monoisotopic (exact) mass is 489 g/mol. The van der Waals surface area contributed by atoms with Crippen LogP contribution < -0.4 is 4.74 Å². The van der Waals surface area contributed by atoms with Gasteiger partial charge in [-0.05, 0) is 61.5 Å². The lowest BCUT2D eigenvalue weighted by molar-refractivity contribution is -0.114. The van der Waals surface area contributed by atoms with Crippen LogP contribution in [0, 0.1) is 19.3 Å². The minimum absolute atomic E-state index is 0.0178. The lowest BCUT2D eigenvalue weighted by Gasteiger charge is -2.20. The van der Waals surface area contributed by atoms with Crippen molar-refractivity contribution in [3.63, 3.8) is 0 Å². The van der Waals surface area contributed by atoms with Gasteiger partial charge in [-0.3, -0.25) is 10.2 Å². The summed E-state index contributed by atoms with van der Waals surface area (Å²) in [6.45, 7) is 3.97. The van der Waals surface area contributed by atoms with Gasteiger partial charge in [0, 0.05) is 28.7 Å². The third-order valence-electron chi connectivity index (χ3n) is 5.64. The van der Waals surface area contributed by atoms with Crippen LogP contribution in [0.15, 0.2) is 70.3 Å². The van der Waals surface area contributed by atoms with Gasteiger partial charge in [0.1, 0.15) is 10.8 Å². The standard InChI is InChI=1S/C25H20ClN5O2S/c1-14-11-16(15(2)30(14)17-7-6-8-18(13-17)33-3)12-20-22(27)31-25(28-23(20)32)34-24(29-31)19-9-4-5-10-21(19)26/h4-13,27H,1-3H3/b20-12+,27-22?. The van der Waals surface area contributed by atoms with Crippen molar-refractivity contribution in [1.82, 2.24) is 9.58 Å². The van der Waals surface area contributed by atoms with Crippen molar-refractivity contribution in [1.29, 1.82) is 5.41 Å². The zero-order chi connectivity index (χ0) is 24.0. The SMILES string of the molecule is COc1cccc(-n2c(C)cc(/C=C3\C(=N)N4N=C(c5ccccc5Cl)SC4=NC3=O)c2C)c1. The minimum Gasteiger partial charge on any atom is -0.497 e. The number of amides is 1. The Bertz CT molecular complexity index is 1450. The van der Waals surface area contributed by atoms with Crippen LogP contribution in [0.4, 0.5) is 0 Å². The molecule has 0 unspecified atom stereocenters. The van der Waals surface area contributed by atoms with E-state index in [2.05, 4.69) is 14.7 Å². The number of nitrogens with one attached hydrogen (secondary N) is 1. The molecule has 1 amide bonds. The minimum atomic E-state index is -0.467. The number of hydrogen-bond acceptors (Lipinski definition) is 5. The fraction of sp³-hybridized carbons (Fsp3) is 0.120. The molecule has 0 spiro atoms. The second-order valence-corrected chi connectivity index (χ2v) is 9.13. The summed E-state index contributed by atoms with van der Waals surface area (Å²) in [5, 5.41) is 16.1. The molecule has 3 aromatic rings. The Labute approximate surface area is 205 Å². The van der Waals surface area contributed by atoms with Gasteiger partial charge in [-0.2, -0.15) is 15.1 Å². The van der Waals surface area contributed by atoms with Crippen molar-refractivity contribution in [2.24, 2.45) is 10.1 Å². The first-order chi connectivity index (χ1) is 16.4. The number of benzene rings is 2. The summed E-state index contributed by atoms with van der Waals surface area (Å²) >= 11 is 7.54. The Hall–Kier alpha value is -3.62. The summed E-state index contributed by atoms with van der Waals surface area (Å²) in [4.78, 5) is 17.1. The first kappa shape index (κ1) is 22.2. The number of methoxy groups -OCH3 is 1. The maximum absolute atomic E-state index is 12.9. The van der Waals surface area contributed by atoms with Crippen LogP contribution in [-0.2, 0) is 4.79 Å². The third-order valence-corrected chi connectivity index (χ3v) is 6.91.